The Morgan fingerprint density at radius 3 is 2.81 bits per heavy atom. The van der Waals surface area contributed by atoms with Crippen LogP contribution in [0.2, 0.25) is 0 Å². The van der Waals surface area contributed by atoms with Crippen LogP contribution in [0.3, 0.4) is 0 Å². The van der Waals surface area contributed by atoms with Crippen LogP contribution in [0.1, 0.15) is 0 Å². The van der Waals surface area contributed by atoms with Crippen LogP contribution in [0.25, 0.3) is 11.3 Å². The summed E-state index contributed by atoms with van der Waals surface area (Å²) in [5.74, 6) is 0.0560. The lowest BCUT2D eigenvalue weighted by Crippen LogP contribution is -1.98. The fourth-order valence-electron chi connectivity index (χ4n) is 1.84. The minimum Gasteiger partial charge on any atom is -0.506 e. The maximum absolute atomic E-state index is 13.1. The summed E-state index contributed by atoms with van der Waals surface area (Å²) in [5.41, 5.74) is 1.83. The smallest absolute Gasteiger partial charge is 0.227 e. The highest BCUT2D eigenvalue weighted by Gasteiger charge is 2.04. The Morgan fingerprint density at radius 2 is 2.00 bits per heavy atom. The lowest BCUT2D eigenvalue weighted by molar-refractivity contribution is 0.473. The Morgan fingerprint density at radius 1 is 1.10 bits per heavy atom. The SMILES string of the molecule is Oc1cncc(-c2ccnc(Nc3cccc(F)c3)n2)c1. The molecule has 0 aliphatic heterocycles. The van der Waals surface area contributed by atoms with Gasteiger partial charge >= 0.3 is 0 Å². The number of anilines is 2. The summed E-state index contributed by atoms with van der Waals surface area (Å²) in [4.78, 5) is 12.3. The lowest BCUT2D eigenvalue weighted by Gasteiger charge is -2.06. The predicted molar refractivity (Wildman–Crippen MR) is 76.6 cm³/mol. The maximum atomic E-state index is 13.1. The first-order valence-electron chi connectivity index (χ1n) is 6.21. The van der Waals surface area contributed by atoms with Crippen LogP contribution >= 0.6 is 0 Å². The second-order valence-electron chi connectivity index (χ2n) is 4.33. The van der Waals surface area contributed by atoms with Gasteiger partial charge in [-0.2, -0.15) is 0 Å². The van der Waals surface area contributed by atoms with Crippen molar-refractivity contribution in [3.8, 4) is 17.0 Å². The third kappa shape index (κ3) is 3.11. The minimum atomic E-state index is -0.340. The van der Waals surface area contributed by atoms with Gasteiger partial charge in [0.05, 0.1) is 11.9 Å². The molecule has 0 fully saturated rings. The third-order valence-electron chi connectivity index (χ3n) is 2.76. The number of nitrogens with one attached hydrogen (secondary N) is 1. The Labute approximate surface area is 120 Å². The number of rotatable bonds is 3. The molecule has 0 aliphatic carbocycles. The van der Waals surface area contributed by atoms with Crippen molar-refractivity contribution in [1.82, 2.24) is 15.0 Å². The van der Waals surface area contributed by atoms with Gasteiger partial charge in [0, 0.05) is 23.6 Å². The van der Waals surface area contributed by atoms with Gasteiger partial charge in [0.25, 0.3) is 0 Å². The van der Waals surface area contributed by atoms with Crippen LogP contribution in [-0.2, 0) is 0 Å². The molecule has 0 amide bonds. The Balaban J connectivity index is 1.90. The molecule has 0 atom stereocenters. The van der Waals surface area contributed by atoms with E-state index in [9.17, 15) is 9.50 Å². The summed E-state index contributed by atoms with van der Waals surface area (Å²) in [5, 5.41) is 12.4. The van der Waals surface area contributed by atoms with E-state index in [0.29, 0.717) is 22.9 Å². The molecule has 2 heterocycles. The van der Waals surface area contributed by atoms with Crippen molar-refractivity contribution in [2.24, 2.45) is 0 Å². The normalized spacial score (nSPS) is 10.3. The van der Waals surface area contributed by atoms with Crippen molar-refractivity contribution in [2.75, 3.05) is 5.32 Å². The monoisotopic (exact) mass is 282 g/mol. The van der Waals surface area contributed by atoms with Gasteiger partial charge in [-0.3, -0.25) is 4.98 Å². The molecular weight excluding hydrogens is 271 g/mol. The second-order valence-corrected chi connectivity index (χ2v) is 4.33. The first-order chi connectivity index (χ1) is 10.2. The highest BCUT2D eigenvalue weighted by atomic mass is 19.1. The van der Waals surface area contributed by atoms with E-state index in [0.717, 1.165) is 0 Å². The quantitative estimate of drug-likeness (QED) is 0.772. The molecule has 2 aromatic heterocycles. The molecule has 6 heteroatoms. The van der Waals surface area contributed by atoms with E-state index in [4.69, 9.17) is 0 Å². The zero-order valence-electron chi connectivity index (χ0n) is 10.9. The zero-order chi connectivity index (χ0) is 14.7. The molecule has 0 unspecified atom stereocenters. The number of aromatic nitrogens is 3. The van der Waals surface area contributed by atoms with Crippen molar-refractivity contribution in [3.05, 3.63) is 60.8 Å². The van der Waals surface area contributed by atoms with Gasteiger partial charge in [-0.15, -0.1) is 0 Å². The van der Waals surface area contributed by atoms with Crippen LogP contribution in [0.4, 0.5) is 16.0 Å². The highest BCUT2D eigenvalue weighted by Crippen LogP contribution is 2.21. The van der Waals surface area contributed by atoms with Crippen molar-refractivity contribution in [1.29, 1.82) is 0 Å². The van der Waals surface area contributed by atoms with Crippen molar-refractivity contribution >= 4 is 11.6 Å². The summed E-state index contributed by atoms with van der Waals surface area (Å²) in [7, 11) is 0. The van der Waals surface area contributed by atoms with Crippen molar-refractivity contribution in [2.45, 2.75) is 0 Å². The average molecular weight is 282 g/mol. The number of nitrogens with zero attached hydrogens (tertiary/aromatic N) is 3. The number of aromatic hydroxyl groups is 1. The molecule has 0 bridgehead atoms. The average Bonchev–Trinajstić information content (AvgIpc) is 2.47. The molecule has 3 rings (SSSR count). The standard InChI is InChI=1S/C15H11FN4O/c16-11-2-1-3-12(7-11)19-15-18-5-4-14(20-15)10-6-13(21)9-17-8-10/h1-9,21H,(H,18,19,20). The molecular formula is C15H11FN4O. The molecule has 1 aromatic carbocycles. The summed E-state index contributed by atoms with van der Waals surface area (Å²) >= 11 is 0. The topological polar surface area (TPSA) is 70.9 Å². The molecule has 2 N–H and O–H groups in total. The van der Waals surface area contributed by atoms with Crippen LogP contribution in [-0.4, -0.2) is 20.1 Å². The van der Waals surface area contributed by atoms with E-state index in [-0.39, 0.29) is 11.6 Å². The van der Waals surface area contributed by atoms with E-state index >= 15 is 0 Å². The van der Waals surface area contributed by atoms with E-state index in [2.05, 4.69) is 20.3 Å². The lowest BCUT2D eigenvalue weighted by atomic mass is 10.2. The van der Waals surface area contributed by atoms with Crippen LogP contribution in [0, 0.1) is 5.82 Å². The minimum absolute atomic E-state index is 0.0609. The van der Waals surface area contributed by atoms with Crippen LogP contribution in [0.5, 0.6) is 5.75 Å². The van der Waals surface area contributed by atoms with Crippen molar-refractivity contribution in [3.63, 3.8) is 0 Å². The number of pyridine rings is 1. The summed E-state index contributed by atoms with van der Waals surface area (Å²) < 4.78 is 13.1. The molecule has 21 heavy (non-hydrogen) atoms. The van der Waals surface area contributed by atoms with Gasteiger partial charge in [0.1, 0.15) is 11.6 Å². The molecule has 0 aliphatic rings. The number of benzene rings is 1. The maximum Gasteiger partial charge on any atom is 0.227 e. The first kappa shape index (κ1) is 13.0. The van der Waals surface area contributed by atoms with Gasteiger partial charge in [0.2, 0.25) is 5.95 Å². The Kier molecular flexibility index (Phi) is 3.42. The van der Waals surface area contributed by atoms with E-state index < -0.39 is 0 Å². The Hall–Kier alpha value is -3.02. The van der Waals surface area contributed by atoms with Gasteiger partial charge in [-0.1, -0.05) is 6.07 Å². The van der Waals surface area contributed by atoms with Gasteiger partial charge in [0.15, 0.2) is 0 Å². The molecule has 0 saturated heterocycles. The Bertz CT molecular complexity index is 779. The third-order valence-corrected chi connectivity index (χ3v) is 2.76. The van der Waals surface area contributed by atoms with Crippen LogP contribution in [0.15, 0.2) is 55.0 Å². The van der Waals surface area contributed by atoms with E-state index in [1.165, 1.54) is 18.3 Å². The number of hydrogen-bond acceptors (Lipinski definition) is 5. The van der Waals surface area contributed by atoms with Gasteiger partial charge in [-0.05, 0) is 30.3 Å². The molecule has 5 nitrogen and oxygen atoms in total. The largest absolute Gasteiger partial charge is 0.506 e. The zero-order valence-corrected chi connectivity index (χ0v) is 10.9. The molecule has 104 valence electrons. The fourth-order valence-corrected chi connectivity index (χ4v) is 1.84. The van der Waals surface area contributed by atoms with Crippen LogP contribution < -0.4 is 5.32 Å². The van der Waals surface area contributed by atoms with Gasteiger partial charge in [-0.25, -0.2) is 14.4 Å². The van der Waals surface area contributed by atoms with Gasteiger partial charge < -0.3 is 10.4 Å². The first-order valence-corrected chi connectivity index (χ1v) is 6.21. The highest BCUT2D eigenvalue weighted by molar-refractivity contribution is 5.62. The summed E-state index contributed by atoms with van der Waals surface area (Å²) in [6.45, 7) is 0. The van der Waals surface area contributed by atoms with E-state index in [1.807, 2.05) is 0 Å². The molecule has 0 spiro atoms. The molecule has 3 aromatic rings. The van der Waals surface area contributed by atoms with Crippen molar-refractivity contribution < 1.29 is 9.50 Å². The molecule has 0 radical (unpaired) electrons. The summed E-state index contributed by atoms with van der Waals surface area (Å²) in [6.07, 6.45) is 4.51. The second kappa shape index (κ2) is 5.54. The van der Waals surface area contributed by atoms with E-state index in [1.54, 1.807) is 36.7 Å². The predicted octanol–water partition coefficient (Wildman–Crippen LogP) is 3.13. The fraction of sp³-hybridized carbons (Fsp3) is 0. The summed E-state index contributed by atoms with van der Waals surface area (Å²) in [6, 6.07) is 9.29. The number of halogens is 1. The molecule has 0 saturated carbocycles. The number of hydrogen-bond donors (Lipinski definition) is 2.